The number of fused-ring (bicyclic) bond motifs is 1. The maximum Gasteiger partial charge on any atom is 0.330 e. The number of carbonyl (C=O) groups excluding carboxylic acids is 2. The molecule has 0 atom stereocenters. The van der Waals surface area contributed by atoms with E-state index in [1.807, 2.05) is 24.3 Å². The summed E-state index contributed by atoms with van der Waals surface area (Å²) in [5.41, 5.74) is 8.77. The molecular formula is C25H28N2O4. The first-order valence-corrected chi connectivity index (χ1v) is 10.7. The first-order chi connectivity index (χ1) is 15.0. The fourth-order valence-corrected chi connectivity index (χ4v) is 4.28. The molecule has 1 spiro atoms. The number of Topliss-reactive ketones (excluding diaryl/α,β-unsaturated/α-hetero) is 1. The molecule has 6 nitrogen and oxygen atoms in total. The van der Waals surface area contributed by atoms with E-state index in [2.05, 4.69) is 21.8 Å². The summed E-state index contributed by atoms with van der Waals surface area (Å²) in [6.07, 6.45) is 6.04. The van der Waals surface area contributed by atoms with E-state index in [1.54, 1.807) is 12.1 Å². The van der Waals surface area contributed by atoms with Crippen LogP contribution >= 0.6 is 0 Å². The lowest BCUT2D eigenvalue weighted by Crippen LogP contribution is -2.51. The molecule has 0 amide bonds. The Morgan fingerprint density at radius 3 is 2.65 bits per heavy atom. The van der Waals surface area contributed by atoms with Gasteiger partial charge in [-0.2, -0.15) is 0 Å². The van der Waals surface area contributed by atoms with E-state index < -0.39 is 11.6 Å². The fourth-order valence-electron chi connectivity index (χ4n) is 4.28. The summed E-state index contributed by atoms with van der Waals surface area (Å²) >= 11 is 0. The van der Waals surface area contributed by atoms with Gasteiger partial charge in [0.15, 0.2) is 5.78 Å². The number of hydrogen-bond donors (Lipinski definition) is 1. The number of esters is 1. The van der Waals surface area contributed by atoms with Crippen molar-refractivity contribution in [2.45, 2.75) is 31.3 Å². The minimum absolute atomic E-state index is 0.102. The lowest BCUT2D eigenvalue weighted by molar-refractivity contribution is -0.134. The zero-order chi connectivity index (χ0) is 21.8. The summed E-state index contributed by atoms with van der Waals surface area (Å²) in [5, 5.41) is 0. The molecule has 31 heavy (non-hydrogen) atoms. The van der Waals surface area contributed by atoms with E-state index in [1.165, 1.54) is 18.7 Å². The van der Waals surface area contributed by atoms with Crippen molar-refractivity contribution in [3.63, 3.8) is 0 Å². The van der Waals surface area contributed by atoms with Crippen molar-refractivity contribution in [1.82, 2.24) is 4.90 Å². The molecule has 6 heteroatoms. The molecule has 0 radical (unpaired) electrons. The number of anilines is 1. The molecule has 0 bridgehead atoms. The van der Waals surface area contributed by atoms with Gasteiger partial charge in [-0.15, -0.1) is 0 Å². The van der Waals surface area contributed by atoms with Crippen molar-refractivity contribution in [1.29, 1.82) is 0 Å². The molecule has 2 aliphatic heterocycles. The van der Waals surface area contributed by atoms with Crippen molar-refractivity contribution in [3.05, 3.63) is 65.2 Å². The SMILES string of the molecule is COC(=O)/C=C/c1ccc2c(c1)C(=O)CC1(CCN(CCc3ccc(N)cc3)CC1)O2. The Morgan fingerprint density at radius 2 is 1.94 bits per heavy atom. The molecule has 2 heterocycles. The molecule has 2 N–H and O–H groups in total. The van der Waals surface area contributed by atoms with Crippen LogP contribution in [0.5, 0.6) is 5.75 Å². The van der Waals surface area contributed by atoms with Crippen LogP contribution in [0, 0.1) is 0 Å². The molecule has 4 rings (SSSR count). The summed E-state index contributed by atoms with van der Waals surface area (Å²) in [4.78, 5) is 26.6. The smallest absolute Gasteiger partial charge is 0.330 e. The van der Waals surface area contributed by atoms with Gasteiger partial charge in [-0.25, -0.2) is 4.79 Å². The molecule has 2 aromatic carbocycles. The average molecular weight is 421 g/mol. The Balaban J connectivity index is 1.36. The highest BCUT2D eigenvalue weighted by molar-refractivity contribution is 6.01. The van der Waals surface area contributed by atoms with Gasteiger partial charge in [0, 0.05) is 44.2 Å². The first-order valence-electron chi connectivity index (χ1n) is 10.7. The van der Waals surface area contributed by atoms with E-state index in [-0.39, 0.29) is 5.78 Å². The largest absolute Gasteiger partial charge is 0.486 e. The van der Waals surface area contributed by atoms with E-state index in [0.29, 0.717) is 17.7 Å². The van der Waals surface area contributed by atoms with Crippen molar-refractivity contribution < 1.29 is 19.1 Å². The standard InChI is InChI=1S/C25H28N2O4/c1-30-24(29)9-5-19-4-8-23-21(16-19)22(28)17-25(31-23)11-14-27(15-12-25)13-10-18-2-6-20(26)7-3-18/h2-9,16H,10-15,17,26H2,1H3/b9-5+. The predicted molar refractivity (Wildman–Crippen MR) is 120 cm³/mol. The van der Waals surface area contributed by atoms with Gasteiger partial charge in [0.2, 0.25) is 0 Å². The second-order valence-corrected chi connectivity index (χ2v) is 8.33. The van der Waals surface area contributed by atoms with Gasteiger partial charge >= 0.3 is 5.97 Å². The third kappa shape index (κ3) is 4.97. The summed E-state index contributed by atoms with van der Waals surface area (Å²) in [6, 6.07) is 13.5. The number of piperidine rings is 1. The Morgan fingerprint density at radius 1 is 1.19 bits per heavy atom. The monoisotopic (exact) mass is 420 g/mol. The molecular weight excluding hydrogens is 392 g/mol. The van der Waals surface area contributed by atoms with Crippen molar-refractivity contribution >= 4 is 23.5 Å². The maximum absolute atomic E-state index is 12.9. The summed E-state index contributed by atoms with van der Waals surface area (Å²) in [7, 11) is 1.33. The number of ketones is 1. The highest BCUT2D eigenvalue weighted by Crippen LogP contribution is 2.39. The molecule has 0 saturated carbocycles. The summed E-state index contributed by atoms with van der Waals surface area (Å²) in [5.74, 6) is 0.314. The van der Waals surface area contributed by atoms with Gasteiger partial charge in [0.05, 0.1) is 19.1 Å². The van der Waals surface area contributed by atoms with Gasteiger partial charge in [0.1, 0.15) is 11.4 Å². The number of nitrogens with two attached hydrogens (primary N) is 1. The van der Waals surface area contributed by atoms with E-state index in [9.17, 15) is 9.59 Å². The third-order valence-corrected chi connectivity index (χ3v) is 6.19. The minimum atomic E-state index is -0.428. The quantitative estimate of drug-likeness (QED) is 0.453. The van der Waals surface area contributed by atoms with Crippen LogP contribution in [0.25, 0.3) is 6.08 Å². The number of carbonyl (C=O) groups is 2. The lowest BCUT2D eigenvalue weighted by Gasteiger charge is -2.44. The summed E-state index contributed by atoms with van der Waals surface area (Å²) < 4.78 is 11.0. The van der Waals surface area contributed by atoms with E-state index in [0.717, 1.165) is 50.1 Å². The van der Waals surface area contributed by atoms with Crippen LogP contribution < -0.4 is 10.5 Å². The number of likely N-dealkylation sites (tertiary alicyclic amines) is 1. The second kappa shape index (κ2) is 8.94. The molecule has 1 saturated heterocycles. The number of methoxy groups -OCH3 is 1. The van der Waals surface area contributed by atoms with E-state index >= 15 is 0 Å². The van der Waals surface area contributed by atoms with Gasteiger partial charge in [-0.1, -0.05) is 18.2 Å². The number of nitrogen functional groups attached to an aromatic ring is 1. The normalized spacial score (nSPS) is 18.0. The van der Waals surface area contributed by atoms with Crippen molar-refractivity contribution in [2.75, 3.05) is 32.5 Å². The number of nitrogens with zero attached hydrogens (tertiary/aromatic N) is 1. The third-order valence-electron chi connectivity index (χ3n) is 6.19. The van der Waals surface area contributed by atoms with Crippen LogP contribution in [-0.2, 0) is 16.0 Å². The first kappa shape index (κ1) is 21.1. The zero-order valence-electron chi connectivity index (χ0n) is 17.8. The second-order valence-electron chi connectivity index (χ2n) is 8.33. The Kier molecular flexibility index (Phi) is 6.09. The lowest BCUT2D eigenvalue weighted by atomic mass is 9.82. The minimum Gasteiger partial charge on any atom is -0.486 e. The van der Waals surface area contributed by atoms with Crippen LogP contribution in [-0.4, -0.2) is 49.0 Å². The van der Waals surface area contributed by atoms with Crippen molar-refractivity contribution in [3.8, 4) is 5.75 Å². The number of rotatable bonds is 5. The van der Waals surface area contributed by atoms with Gasteiger partial charge in [0.25, 0.3) is 0 Å². The van der Waals surface area contributed by atoms with Gasteiger partial charge < -0.3 is 20.1 Å². The molecule has 2 aliphatic rings. The highest BCUT2D eigenvalue weighted by atomic mass is 16.5. The molecule has 0 aliphatic carbocycles. The van der Waals surface area contributed by atoms with Crippen LogP contribution in [0.4, 0.5) is 5.69 Å². The Hall–Kier alpha value is -3.12. The maximum atomic E-state index is 12.9. The number of ether oxygens (including phenoxy) is 2. The van der Waals surface area contributed by atoms with Crippen LogP contribution in [0.15, 0.2) is 48.5 Å². The molecule has 0 unspecified atom stereocenters. The molecule has 2 aromatic rings. The Labute approximate surface area is 182 Å². The van der Waals surface area contributed by atoms with Crippen LogP contribution in [0.1, 0.15) is 40.7 Å². The van der Waals surface area contributed by atoms with Crippen molar-refractivity contribution in [2.24, 2.45) is 0 Å². The van der Waals surface area contributed by atoms with Crippen LogP contribution in [0.3, 0.4) is 0 Å². The van der Waals surface area contributed by atoms with Gasteiger partial charge in [-0.3, -0.25) is 4.79 Å². The topological polar surface area (TPSA) is 81.9 Å². The average Bonchev–Trinajstić information content (AvgIpc) is 2.78. The van der Waals surface area contributed by atoms with E-state index in [4.69, 9.17) is 10.5 Å². The van der Waals surface area contributed by atoms with Gasteiger partial charge in [-0.05, 0) is 47.9 Å². The molecule has 162 valence electrons. The fraction of sp³-hybridized carbons (Fsp3) is 0.360. The summed E-state index contributed by atoms with van der Waals surface area (Å²) in [6.45, 7) is 2.81. The number of benzene rings is 2. The van der Waals surface area contributed by atoms with Crippen LogP contribution in [0.2, 0.25) is 0 Å². The predicted octanol–water partition coefficient (Wildman–Crippen LogP) is 3.50. The molecule has 0 aromatic heterocycles. The highest BCUT2D eigenvalue weighted by Gasteiger charge is 2.42. The Bertz CT molecular complexity index is 989. The molecule has 1 fully saturated rings. The zero-order valence-corrected chi connectivity index (χ0v) is 17.8. The number of hydrogen-bond acceptors (Lipinski definition) is 6.